The van der Waals surface area contributed by atoms with Crippen molar-refractivity contribution in [3.05, 3.63) is 188 Å². The lowest BCUT2D eigenvalue weighted by Crippen LogP contribution is -2.37. The molecule has 0 saturated heterocycles. The molecule has 0 bridgehead atoms. The van der Waals surface area contributed by atoms with Crippen LogP contribution in [0.3, 0.4) is 0 Å². The Kier molecular flexibility index (Phi) is 9.03. The standard InChI is InChI=1S/C49H40N2Si/c1-52(2,3)46-29-27-38(28-30-46)37-23-25-39(26-24-37)47-34-48(51-49(50-47)45-22-12-18-41(33-45)36-15-8-5-9-16-36)44-21-11-20-43(32-44)42-19-10-17-40(31-42)35-13-6-4-7-14-35/h4-34H,1-3H3. The Hall–Kier alpha value is -6.16. The van der Waals surface area contributed by atoms with Crippen LogP contribution in [0.2, 0.25) is 19.6 Å². The SMILES string of the molecule is C[Si](C)(C)c1ccc(-c2ccc(-c3cc(-c4cccc(-c5cccc(-c6ccccc6)c5)c4)nc(-c4cccc(-c5ccccc5)c4)n3)cc2)cc1. The zero-order chi connectivity index (χ0) is 35.5. The number of hydrogen-bond donors (Lipinski definition) is 0. The molecule has 1 heterocycles. The summed E-state index contributed by atoms with van der Waals surface area (Å²) in [6.07, 6.45) is 0. The lowest BCUT2D eigenvalue weighted by molar-refractivity contribution is 1.18. The zero-order valence-corrected chi connectivity index (χ0v) is 30.8. The van der Waals surface area contributed by atoms with Gasteiger partial charge in [-0.25, -0.2) is 9.97 Å². The third-order valence-corrected chi connectivity index (χ3v) is 11.7. The lowest BCUT2D eigenvalue weighted by atomic mass is 9.97. The van der Waals surface area contributed by atoms with Gasteiger partial charge in [0.2, 0.25) is 0 Å². The highest BCUT2D eigenvalue weighted by Gasteiger charge is 2.16. The topological polar surface area (TPSA) is 25.8 Å². The van der Waals surface area contributed by atoms with Gasteiger partial charge in [-0.3, -0.25) is 0 Å². The summed E-state index contributed by atoms with van der Waals surface area (Å²) in [5, 5.41) is 1.47. The van der Waals surface area contributed by atoms with Gasteiger partial charge in [0.05, 0.1) is 19.5 Å². The fourth-order valence-corrected chi connectivity index (χ4v) is 7.87. The smallest absolute Gasteiger partial charge is 0.160 e. The average Bonchev–Trinajstić information content (AvgIpc) is 3.21. The summed E-state index contributed by atoms with van der Waals surface area (Å²) in [6.45, 7) is 7.16. The van der Waals surface area contributed by atoms with Crippen LogP contribution in [-0.2, 0) is 0 Å². The fraction of sp³-hybridized carbons (Fsp3) is 0.0612. The molecule has 2 nitrogen and oxygen atoms in total. The first-order valence-electron chi connectivity index (χ1n) is 17.9. The molecule has 1 aromatic heterocycles. The van der Waals surface area contributed by atoms with Gasteiger partial charge in [0.1, 0.15) is 0 Å². The number of benzene rings is 7. The number of rotatable bonds is 8. The minimum atomic E-state index is -1.35. The first kappa shape index (κ1) is 33.0. The minimum Gasteiger partial charge on any atom is -0.228 e. The quantitative estimate of drug-likeness (QED) is 0.149. The Labute approximate surface area is 308 Å². The van der Waals surface area contributed by atoms with Crippen molar-refractivity contribution in [3.63, 3.8) is 0 Å². The Bertz CT molecular complexity index is 2460. The van der Waals surface area contributed by atoms with Crippen molar-refractivity contribution in [2.75, 3.05) is 0 Å². The van der Waals surface area contributed by atoms with Gasteiger partial charge >= 0.3 is 0 Å². The predicted octanol–water partition coefficient (Wildman–Crippen LogP) is 12.7. The van der Waals surface area contributed by atoms with Crippen molar-refractivity contribution in [1.29, 1.82) is 0 Å². The summed E-state index contributed by atoms with van der Waals surface area (Å²) in [4.78, 5) is 10.4. The highest BCUT2D eigenvalue weighted by atomic mass is 28.3. The number of aromatic nitrogens is 2. The molecule has 8 rings (SSSR count). The van der Waals surface area contributed by atoms with Gasteiger partial charge in [0, 0.05) is 16.7 Å². The molecule has 0 spiro atoms. The van der Waals surface area contributed by atoms with Gasteiger partial charge in [-0.15, -0.1) is 0 Å². The predicted molar refractivity (Wildman–Crippen MR) is 223 cm³/mol. The summed E-state index contributed by atoms with van der Waals surface area (Å²) in [5.74, 6) is 0.702. The maximum absolute atomic E-state index is 5.22. The molecule has 0 aliphatic heterocycles. The van der Waals surface area contributed by atoms with Crippen LogP contribution in [0.25, 0.3) is 78.4 Å². The summed E-state index contributed by atoms with van der Waals surface area (Å²) in [6, 6.07) is 67.0. The lowest BCUT2D eigenvalue weighted by Gasteiger charge is -2.17. The van der Waals surface area contributed by atoms with Crippen LogP contribution in [0.15, 0.2) is 188 Å². The largest absolute Gasteiger partial charge is 0.228 e. The van der Waals surface area contributed by atoms with Crippen molar-refractivity contribution in [2.45, 2.75) is 19.6 Å². The van der Waals surface area contributed by atoms with Crippen LogP contribution in [0.5, 0.6) is 0 Å². The molecule has 0 aliphatic carbocycles. The third kappa shape index (κ3) is 7.18. The van der Waals surface area contributed by atoms with Crippen molar-refractivity contribution < 1.29 is 0 Å². The molecule has 0 radical (unpaired) electrons. The molecular weight excluding hydrogens is 645 g/mol. The Morgan fingerprint density at radius 1 is 0.288 bits per heavy atom. The summed E-state index contributed by atoms with van der Waals surface area (Å²) < 4.78 is 0. The monoisotopic (exact) mass is 684 g/mol. The minimum absolute atomic E-state index is 0.702. The molecule has 8 aromatic rings. The van der Waals surface area contributed by atoms with E-state index < -0.39 is 8.07 Å². The van der Waals surface area contributed by atoms with Crippen LogP contribution in [-0.4, -0.2) is 18.0 Å². The van der Waals surface area contributed by atoms with Crippen molar-refractivity contribution in [2.24, 2.45) is 0 Å². The van der Waals surface area contributed by atoms with E-state index in [1.54, 1.807) is 0 Å². The van der Waals surface area contributed by atoms with Crippen LogP contribution in [0.1, 0.15) is 0 Å². The van der Waals surface area contributed by atoms with E-state index in [9.17, 15) is 0 Å². The van der Waals surface area contributed by atoms with E-state index in [0.717, 1.165) is 39.2 Å². The molecule has 0 fully saturated rings. The van der Waals surface area contributed by atoms with E-state index in [-0.39, 0.29) is 0 Å². The molecule has 7 aromatic carbocycles. The summed E-state index contributed by atoms with van der Waals surface area (Å²) >= 11 is 0. The second kappa shape index (κ2) is 14.2. The highest BCUT2D eigenvalue weighted by molar-refractivity contribution is 6.88. The van der Waals surface area contributed by atoms with E-state index in [1.807, 2.05) is 6.07 Å². The van der Waals surface area contributed by atoms with Gasteiger partial charge in [0.15, 0.2) is 5.82 Å². The van der Waals surface area contributed by atoms with Crippen molar-refractivity contribution in [1.82, 2.24) is 9.97 Å². The van der Waals surface area contributed by atoms with E-state index >= 15 is 0 Å². The van der Waals surface area contributed by atoms with E-state index in [2.05, 4.69) is 202 Å². The Balaban J connectivity index is 1.20. The second-order valence-electron chi connectivity index (χ2n) is 14.3. The summed E-state index contributed by atoms with van der Waals surface area (Å²) in [7, 11) is -1.35. The van der Waals surface area contributed by atoms with E-state index in [1.165, 1.54) is 38.6 Å². The van der Waals surface area contributed by atoms with Gasteiger partial charge in [0.25, 0.3) is 0 Å². The van der Waals surface area contributed by atoms with Crippen LogP contribution in [0, 0.1) is 0 Å². The number of hydrogen-bond acceptors (Lipinski definition) is 2. The molecule has 250 valence electrons. The van der Waals surface area contributed by atoms with Crippen molar-refractivity contribution in [3.8, 4) is 78.4 Å². The number of nitrogens with zero attached hydrogens (tertiary/aromatic N) is 2. The molecule has 0 N–H and O–H groups in total. The molecular formula is C49H40N2Si. The zero-order valence-electron chi connectivity index (χ0n) is 29.8. The molecule has 0 unspecified atom stereocenters. The van der Waals surface area contributed by atoms with Gasteiger partial charge in [-0.1, -0.05) is 189 Å². The Morgan fingerprint density at radius 3 is 1.15 bits per heavy atom. The maximum Gasteiger partial charge on any atom is 0.160 e. The fourth-order valence-electron chi connectivity index (χ4n) is 6.70. The van der Waals surface area contributed by atoms with Gasteiger partial charge in [-0.2, -0.15) is 0 Å². The van der Waals surface area contributed by atoms with E-state index in [0.29, 0.717) is 5.82 Å². The molecule has 0 atom stereocenters. The molecule has 3 heteroatoms. The first-order chi connectivity index (χ1) is 25.4. The molecule has 0 aliphatic rings. The molecule has 0 saturated carbocycles. The second-order valence-corrected chi connectivity index (χ2v) is 19.4. The van der Waals surface area contributed by atoms with Gasteiger partial charge < -0.3 is 0 Å². The first-order valence-corrected chi connectivity index (χ1v) is 21.4. The summed E-state index contributed by atoms with van der Waals surface area (Å²) in [5.41, 5.74) is 14.3. The highest BCUT2D eigenvalue weighted by Crippen LogP contribution is 2.33. The normalized spacial score (nSPS) is 11.4. The van der Waals surface area contributed by atoms with Gasteiger partial charge in [-0.05, 0) is 68.8 Å². The molecule has 52 heavy (non-hydrogen) atoms. The Morgan fingerprint density at radius 2 is 0.635 bits per heavy atom. The third-order valence-electron chi connectivity index (χ3n) is 9.68. The van der Waals surface area contributed by atoms with Crippen molar-refractivity contribution >= 4 is 13.3 Å². The maximum atomic E-state index is 5.22. The van der Waals surface area contributed by atoms with Crippen LogP contribution >= 0.6 is 0 Å². The molecule has 0 amide bonds. The van der Waals surface area contributed by atoms with Crippen LogP contribution in [0.4, 0.5) is 0 Å². The average molecular weight is 685 g/mol. The van der Waals surface area contributed by atoms with Crippen LogP contribution < -0.4 is 5.19 Å². The van der Waals surface area contributed by atoms with E-state index in [4.69, 9.17) is 9.97 Å².